The highest BCUT2D eigenvalue weighted by molar-refractivity contribution is 5.91. The van der Waals surface area contributed by atoms with E-state index in [4.69, 9.17) is 4.74 Å². The molecule has 2 aromatic carbocycles. The molecular formula is C26H29N3O5. The van der Waals surface area contributed by atoms with E-state index >= 15 is 0 Å². The topological polar surface area (TPSA) is 110 Å². The third kappa shape index (κ3) is 6.25. The second kappa shape index (κ2) is 11.2. The number of aromatic hydroxyl groups is 1. The van der Waals surface area contributed by atoms with Gasteiger partial charge in [-0.1, -0.05) is 54.6 Å². The normalized spacial score (nSPS) is 11.5. The Bertz CT molecular complexity index is 1220. The number of amides is 2. The number of aromatic nitrogens is 1. The number of nitrogens with one attached hydrogen (secondary N) is 2. The van der Waals surface area contributed by atoms with E-state index in [0.717, 1.165) is 16.7 Å². The number of hydrogen-bond donors (Lipinski definition) is 3. The van der Waals surface area contributed by atoms with E-state index in [1.165, 1.54) is 17.8 Å². The minimum Gasteiger partial charge on any atom is -0.505 e. The number of benzene rings is 2. The summed E-state index contributed by atoms with van der Waals surface area (Å²) in [5, 5.41) is 15.4. The maximum atomic E-state index is 12.8. The van der Waals surface area contributed by atoms with Crippen molar-refractivity contribution >= 4 is 17.7 Å². The molecule has 3 rings (SSSR count). The zero-order valence-electron chi connectivity index (χ0n) is 19.5. The molecule has 0 aliphatic carbocycles. The van der Waals surface area contributed by atoms with Gasteiger partial charge in [0.15, 0.2) is 5.69 Å². The molecule has 0 aliphatic rings. The van der Waals surface area contributed by atoms with Gasteiger partial charge in [-0.2, -0.15) is 0 Å². The van der Waals surface area contributed by atoms with Crippen molar-refractivity contribution in [3.63, 3.8) is 0 Å². The number of nitrogens with zero attached hydrogens (tertiary/aromatic N) is 1. The molecule has 178 valence electrons. The maximum Gasteiger partial charge on any atom is 0.319 e. The van der Waals surface area contributed by atoms with Crippen LogP contribution >= 0.6 is 0 Å². The van der Waals surface area contributed by atoms with Gasteiger partial charge in [0.25, 0.3) is 5.56 Å². The average Bonchev–Trinajstić information content (AvgIpc) is 2.81. The number of carbonyl (C=O) groups excluding carboxylic acids is 2. The van der Waals surface area contributed by atoms with Crippen LogP contribution in [0.4, 0.5) is 10.5 Å². The summed E-state index contributed by atoms with van der Waals surface area (Å²) in [6.07, 6.45) is 2.08. The van der Waals surface area contributed by atoms with Gasteiger partial charge in [-0.3, -0.25) is 9.59 Å². The van der Waals surface area contributed by atoms with Gasteiger partial charge >= 0.3 is 12.0 Å². The number of ether oxygens (including phenoxy) is 1. The van der Waals surface area contributed by atoms with Crippen molar-refractivity contribution < 1.29 is 19.4 Å². The average molecular weight is 464 g/mol. The van der Waals surface area contributed by atoms with Crippen molar-refractivity contribution in [1.82, 2.24) is 9.88 Å². The van der Waals surface area contributed by atoms with Gasteiger partial charge in [-0.15, -0.1) is 0 Å². The first-order valence-electron chi connectivity index (χ1n) is 11.0. The Hall–Kier alpha value is -4.07. The van der Waals surface area contributed by atoms with Crippen molar-refractivity contribution in [2.24, 2.45) is 7.05 Å². The summed E-state index contributed by atoms with van der Waals surface area (Å²) < 4.78 is 6.36. The number of urea groups is 1. The summed E-state index contributed by atoms with van der Waals surface area (Å²) in [5.41, 5.74) is 2.54. The van der Waals surface area contributed by atoms with Crippen LogP contribution in [0.3, 0.4) is 0 Å². The molecule has 1 aromatic heterocycles. The second-order valence-electron chi connectivity index (χ2n) is 8.02. The van der Waals surface area contributed by atoms with Crippen LogP contribution in [0, 0.1) is 6.92 Å². The van der Waals surface area contributed by atoms with Gasteiger partial charge in [0.1, 0.15) is 5.75 Å². The lowest BCUT2D eigenvalue weighted by Crippen LogP contribution is -2.36. The second-order valence-corrected chi connectivity index (χ2v) is 8.02. The van der Waals surface area contributed by atoms with Crippen LogP contribution < -0.4 is 16.2 Å². The number of carbonyl (C=O) groups is 2. The van der Waals surface area contributed by atoms with Crippen LogP contribution in [0.2, 0.25) is 0 Å². The van der Waals surface area contributed by atoms with Gasteiger partial charge in [0, 0.05) is 18.8 Å². The SMILES string of the molecule is CCOC(=O)C[C@H](NC(=O)Nc1c(O)c(C)cn(C)c1=O)c1cccc(Cc2ccccc2)c1. The molecule has 1 heterocycles. The predicted octanol–water partition coefficient (Wildman–Crippen LogP) is 3.81. The standard InChI is InChI=1S/C26H29N3O5/c1-4-34-22(30)15-21(20-12-8-11-19(14-20)13-18-9-6-5-7-10-18)27-26(33)28-23-24(31)17(2)16-29(3)25(23)32/h5-12,14,16,21,31H,4,13,15H2,1-3H3,(H2,27,28,33)/t21-/m0/s1. The van der Waals surface area contributed by atoms with E-state index in [1.807, 2.05) is 54.6 Å². The van der Waals surface area contributed by atoms with Crippen LogP contribution in [-0.4, -0.2) is 28.3 Å². The fourth-order valence-corrected chi connectivity index (χ4v) is 3.70. The molecule has 3 aromatic rings. The third-order valence-corrected chi connectivity index (χ3v) is 5.36. The number of aryl methyl sites for hydroxylation is 2. The van der Waals surface area contributed by atoms with Crippen molar-refractivity contribution in [2.75, 3.05) is 11.9 Å². The summed E-state index contributed by atoms with van der Waals surface area (Å²) in [6, 6.07) is 16.1. The molecule has 8 nitrogen and oxygen atoms in total. The monoisotopic (exact) mass is 463 g/mol. The number of anilines is 1. The summed E-state index contributed by atoms with van der Waals surface area (Å²) in [6.45, 7) is 3.56. The number of hydrogen-bond acceptors (Lipinski definition) is 5. The van der Waals surface area contributed by atoms with E-state index in [-0.39, 0.29) is 24.5 Å². The fourth-order valence-electron chi connectivity index (χ4n) is 3.70. The van der Waals surface area contributed by atoms with Gasteiger partial charge in [0.2, 0.25) is 0 Å². The number of esters is 1. The Morgan fingerprint density at radius 2 is 1.79 bits per heavy atom. The Balaban J connectivity index is 1.84. The maximum absolute atomic E-state index is 12.8. The van der Waals surface area contributed by atoms with Crippen LogP contribution in [0.25, 0.3) is 0 Å². The highest BCUT2D eigenvalue weighted by Crippen LogP contribution is 2.24. The molecule has 1 atom stereocenters. The highest BCUT2D eigenvalue weighted by Gasteiger charge is 2.22. The molecule has 0 aliphatic heterocycles. The van der Waals surface area contributed by atoms with Gasteiger partial charge in [0.05, 0.1) is 19.1 Å². The van der Waals surface area contributed by atoms with E-state index in [9.17, 15) is 19.5 Å². The van der Waals surface area contributed by atoms with E-state index in [0.29, 0.717) is 12.0 Å². The zero-order chi connectivity index (χ0) is 24.7. The Morgan fingerprint density at radius 1 is 1.09 bits per heavy atom. The molecule has 0 saturated carbocycles. The smallest absolute Gasteiger partial charge is 0.319 e. The first-order chi connectivity index (χ1) is 16.3. The largest absolute Gasteiger partial charge is 0.505 e. The lowest BCUT2D eigenvalue weighted by atomic mass is 9.98. The summed E-state index contributed by atoms with van der Waals surface area (Å²) in [7, 11) is 1.53. The van der Waals surface area contributed by atoms with Gasteiger partial charge in [-0.05, 0) is 37.0 Å². The first-order valence-corrected chi connectivity index (χ1v) is 11.0. The van der Waals surface area contributed by atoms with Crippen molar-refractivity contribution in [2.45, 2.75) is 32.7 Å². The summed E-state index contributed by atoms with van der Waals surface area (Å²) >= 11 is 0. The van der Waals surface area contributed by atoms with Crippen LogP contribution in [-0.2, 0) is 23.0 Å². The van der Waals surface area contributed by atoms with Gasteiger partial charge < -0.3 is 25.0 Å². The van der Waals surface area contributed by atoms with Crippen LogP contribution in [0.5, 0.6) is 5.75 Å². The summed E-state index contributed by atoms with van der Waals surface area (Å²) in [5.74, 6) is -0.763. The molecule has 34 heavy (non-hydrogen) atoms. The molecule has 0 bridgehead atoms. The lowest BCUT2D eigenvalue weighted by molar-refractivity contribution is -0.143. The summed E-state index contributed by atoms with van der Waals surface area (Å²) in [4.78, 5) is 37.5. The van der Waals surface area contributed by atoms with E-state index in [2.05, 4.69) is 10.6 Å². The molecule has 0 spiro atoms. The van der Waals surface area contributed by atoms with Crippen LogP contribution in [0.15, 0.2) is 65.6 Å². The Morgan fingerprint density at radius 3 is 2.50 bits per heavy atom. The molecule has 0 fully saturated rings. The Kier molecular flexibility index (Phi) is 8.08. The highest BCUT2D eigenvalue weighted by atomic mass is 16.5. The zero-order valence-corrected chi connectivity index (χ0v) is 19.5. The van der Waals surface area contributed by atoms with Crippen molar-refractivity contribution in [1.29, 1.82) is 0 Å². The fraction of sp³-hybridized carbons (Fsp3) is 0.269. The minimum absolute atomic E-state index is 0.0894. The minimum atomic E-state index is -0.722. The molecule has 2 amide bonds. The number of rotatable bonds is 8. The third-order valence-electron chi connectivity index (χ3n) is 5.36. The number of pyridine rings is 1. The molecule has 8 heteroatoms. The van der Waals surface area contributed by atoms with E-state index < -0.39 is 23.6 Å². The first kappa shape index (κ1) is 24.6. The van der Waals surface area contributed by atoms with Crippen molar-refractivity contribution in [3.8, 4) is 5.75 Å². The molecule has 0 unspecified atom stereocenters. The lowest BCUT2D eigenvalue weighted by Gasteiger charge is -2.20. The molecular weight excluding hydrogens is 434 g/mol. The van der Waals surface area contributed by atoms with Gasteiger partial charge in [-0.25, -0.2) is 4.79 Å². The Labute approximate surface area is 198 Å². The quantitative estimate of drug-likeness (QED) is 0.440. The molecule has 3 N–H and O–H groups in total. The van der Waals surface area contributed by atoms with Crippen molar-refractivity contribution in [3.05, 3.63) is 93.4 Å². The predicted molar refractivity (Wildman–Crippen MR) is 130 cm³/mol. The molecule has 0 saturated heterocycles. The van der Waals surface area contributed by atoms with E-state index in [1.54, 1.807) is 13.8 Å². The molecule has 0 radical (unpaired) electrons. The van der Waals surface area contributed by atoms with Crippen LogP contribution in [0.1, 0.15) is 41.6 Å².